The number of alkyl halides is 3. The van der Waals surface area contributed by atoms with Gasteiger partial charge >= 0.3 is 18.1 Å². The van der Waals surface area contributed by atoms with Gasteiger partial charge in [-0.1, -0.05) is 6.92 Å². The fourth-order valence-corrected chi connectivity index (χ4v) is 0.964. The molecule has 0 atom stereocenters. The number of ether oxygens (including phenoxy) is 2. The highest BCUT2D eigenvalue weighted by molar-refractivity contribution is 5.79. The number of rotatable bonds is 7. The summed E-state index contributed by atoms with van der Waals surface area (Å²) in [4.78, 5) is 22.6. The molecule has 0 aromatic carbocycles. The van der Waals surface area contributed by atoms with Gasteiger partial charge in [0, 0.05) is 6.42 Å². The van der Waals surface area contributed by atoms with Crippen LogP contribution in [0.15, 0.2) is 0 Å². The van der Waals surface area contributed by atoms with E-state index in [9.17, 15) is 22.8 Å². The third kappa shape index (κ3) is 8.45. The average Bonchev–Trinajstić information content (AvgIpc) is 2.30. The summed E-state index contributed by atoms with van der Waals surface area (Å²) < 4.78 is 44.6. The molecule has 0 aliphatic carbocycles. The highest BCUT2D eigenvalue weighted by Gasteiger charge is 2.28. The van der Waals surface area contributed by atoms with Gasteiger partial charge in [0.05, 0.1) is 12.0 Å². The van der Waals surface area contributed by atoms with E-state index < -0.39 is 36.6 Å². The molecule has 0 heterocycles. The molecule has 0 aromatic heterocycles. The van der Waals surface area contributed by atoms with Crippen LogP contribution in [-0.2, 0) is 19.1 Å². The van der Waals surface area contributed by atoms with E-state index in [0.717, 1.165) is 0 Å². The van der Waals surface area contributed by atoms with Crippen molar-refractivity contribution in [2.75, 3.05) is 13.2 Å². The number of esters is 2. The van der Waals surface area contributed by atoms with E-state index in [1.807, 2.05) is 0 Å². The van der Waals surface area contributed by atoms with Crippen LogP contribution in [0.3, 0.4) is 0 Å². The van der Waals surface area contributed by atoms with Crippen LogP contribution in [0.4, 0.5) is 13.2 Å². The minimum Gasteiger partial charge on any atom is -0.463 e. The van der Waals surface area contributed by atoms with E-state index in [1.54, 1.807) is 20.8 Å². The van der Waals surface area contributed by atoms with Gasteiger partial charge < -0.3 is 9.47 Å². The number of hydrogen-bond donors (Lipinski definition) is 0. The first-order valence-corrected chi connectivity index (χ1v) is 5.98. The van der Waals surface area contributed by atoms with Crippen molar-refractivity contribution in [1.29, 1.82) is 0 Å². The van der Waals surface area contributed by atoms with Crippen molar-refractivity contribution in [3.05, 3.63) is 0 Å². The quantitative estimate of drug-likeness (QED) is 0.533. The fourth-order valence-electron chi connectivity index (χ4n) is 0.964. The van der Waals surface area contributed by atoms with Crippen molar-refractivity contribution in [2.24, 2.45) is 5.41 Å². The summed E-state index contributed by atoms with van der Waals surface area (Å²) in [7, 11) is 0. The SMILES string of the molecule is CCC(C)(C)C(=O)OCC(=O)OCCCC(F)(F)F. The van der Waals surface area contributed by atoms with Gasteiger partial charge in [-0.15, -0.1) is 0 Å². The van der Waals surface area contributed by atoms with Crippen molar-refractivity contribution in [1.82, 2.24) is 0 Å². The van der Waals surface area contributed by atoms with Crippen molar-refractivity contribution >= 4 is 11.9 Å². The second kappa shape index (κ2) is 7.35. The average molecular weight is 284 g/mol. The normalized spacial score (nSPS) is 12.1. The maximum atomic E-state index is 11.8. The number of carbonyl (C=O) groups excluding carboxylic acids is 2. The highest BCUT2D eigenvalue weighted by atomic mass is 19.4. The van der Waals surface area contributed by atoms with Crippen LogP contribution in [0.1, 0.15) is 40.0 Å². The summed E-state index contributed by atoms with van der Waals surface area (Å²) >= 11 is 0. The van der Waals surface area contributed by atoms with Crippen LogP contribution in [0.2, 0.25) is 0 Å². The number of hydrogen-bond acceptors (Lipinski definition) is 4. The van der Waals surface area contributed by atoms with Gasteiger partial charge in [-0.2, -0.15) is 13.2 Å². The lowest BCUT2D eigenvalue weighted by Crippen LogP contribution is -2.28. The topological polar surface area (TPSA) is 52.6 Å². The van der Waals surface area contributed by atoms with E-state index in [4.69, 9.17) is 4.74 Å². The Morgan fingerprint density at radius 3 is 2.16 bits per heavy atom. The maximum Gasteiger partial charge on any atom is 0.389 e. The Balaban J connectivity index is 3.80. The molecule has 112 valence electrons. The Morgan fingerprint density at radius 2 is 1.68 bits per heavy atom. The van der Waals surface area contributed by atoms with Crippen LogP contribution >= 0.6 is 0 Å². The minimum absolute atomic E-state index is 0.302. The molecule has 7 heteroatoms. The summed E-state index contributed by atoms with van der Waals surface area (Å²) in [6.45, 7) is 4.23. The molecule has 0 radical (unpaired) electrons. The Morgan fingerprint density at radius 1 is 1.11 bits per heavy atom. The molecular weight excluding hydrogens is 265 g/mol. The van der Waals surface area contributed by atoms with Crippen molar-refractivity contribution < 1.29 is 32.2 Å². The van der Waals surface area contributed by atoms with Gasteiger partial charge in [-0.3, -0.25) is 4.79 Å². The van der Waals surface area contributed by atoms with Crippen molar-refractivity contribution in [2.45, 2.75) is 46.2 Å². The molecule has 0 amide bonds. The summed E-state index contributed by atoms with van der Waals surface area (Å²) in [5.41, 5.74) is -0.698. The lowest BCUT2D eigenvalue weighted by atomic mass is 9.91. The van der Waals surface area contributed by atoms with E-state index in [2.05, 4.69) is 4.74 Å². The van der Waals surface area contributed by atoms with Crippen molar-refractivity contribution in [3.8, 4) is 0 Å². The van der Waals surface area contributed by atoms with Crippen LogP contribution in [-0.4, -0.2) is 31.3 Å². The first-order valence-electron chi connectivity index (χ1n) is 5.98. The van der Waals surface area contributed by atoms with Gasteiger partial charge in [-0.05, 0) is 26.7 Å². The Kier molecular flexibility index (Phi) is 6.86. The third-order valence-corrected chi connectivity index (χ3v) is 2.63. The Labute approximate surface area is 110 Å². The fraction of sp³-hybridized carbons (Fsp3) is 0.833. The van der Waals surface area contributed by atoms with Crippen LogP contribution in [0, 0.1) is 5.41 Å². The smallest absolute Gasteiger partial charge is 0.389 e. The molecule has 0 bridgehead atoms. The lowest BCUT2D eigenvalue weighted by molar-refractivity contribution is -0.165. The second-order valence-electron chi connectivity index (χ2n) is 4.75. The molecule has 0 rings (SSSR count). The monoisotopic (exact) mass is 284 g/mol. The molecule has 0 saturated heterocycles. The van der Waals surface area contributed by atoms with E-state index in [0.29, 0.717) is 6.42 Å². The Hall–Kier alpha value is -1.27. The zero-order chi connectivity index (χ0) is 15.1. The summed E-state index contributed by atoms with van der Waals surface area (Å²) in [6.07, 6.45) is -5.02. The molecule has 19 heavy (non-hydrogen) atoms. The van der Waals surface area contributed by atoms with Crippen LogP contribution in [0.25, 0.3) is 0 Å². The molecule has 4 nitrogen and oxygen atoms in total. The van der Waals surface area contributed by atoms with Gasteiger partial charge in [0.25, 0.3) is 0 Å². The van der Waals surface area contributed by atoms with Crippen LogP contribution in [0.5, 0.6) is 0 Å². The molecular formula is C12H19F3O4. The molecule has 0 aliphatic heterocycles. The third-order valence-electron chi connectivity index (χ3n) is 2.63. The number of halogens is 3. The maximum absolute atomic E-state index is 11.8. The second-order valence-corrected chi connectivity index (χ2v) is 4.75. The van der Waals surface area contributed by atoms with Gasteiger partial charge in [0.2, 0.25) is 0 Å². The summed E-state index contributed by atoms with van der Waals surface area (Å²) in [6, 6.07) is 0. The predicted octanol–water partition coefficient (Wildman–Crippen LogP) is 2.85. The molecule has 0 aromatic rings. The van der Waals surface area contributed by atoms with Crippen LogP contribution < -0.4 is 0 Å². The van der Waals surface area contributed by atoms with Crippen molar-refractivity contribution in [3.63, 3.8) is 0 Å². The number of carbonyl (C=O) groups is 2. The van der Waals surface area contributed by atoms with E-state index >= 15 is 0 Å². The molecule has 0 fully saturated rings. The van der Waals surface area contributed by atoms with Gasteiger partial charge in [0.1, 0.15) is 0 Å². The molecule has 0 saturated carbocycles. The molecule has 0 N–H and O–H groups in total. The first-order chi connectivity index (χ1) is 8.58. The zero-order valence-corrected chi connectivity index (χ0v) is 11.3. The summed E-state index contributed by atoms with van der Waals surface area (Å²) in [5.74, 6) is -1.38. The largest absolute Gasteiger partial charge is 0.463 e. The summed E-state index contributed by atoms with van der Waals surface area (Å²) in [5, 5.41) is 0. The molecule has 0 spiro atoms. The molecule has 0 unspecified atom stereocenters. The van der Waals surface area contributed by atoms with E-state index in [-0.39, 0.29) is 13.0 Å². The standard InChI is InChI=1S/C12H19F3O4/c1-4-11(2,3)10(17)19-8-9(16)18-7-5-6-12(13,14)15/h4-8H2,1-3H3. The zero-order valence-electron chi connectivity index (χ0n) is 11.3. The first kappa shape index (κ1) is 17.7. The lowest BCUT2D eigenvalue weighted by Gasteiger charge is -2.19. The predicted molar refractivity (Wildman–Crippen MR) is 61.3 cm³/mol. The Bertz CT molecular complexity index is 311. The highest BCUT2D eigenvalue weighted by Crippen LogP contribution is 2.22. The molecule has 0 aliphatic rings. The van der Waals surface area contributed by atoms with Gasteiger partial charge in [-0.25, -0.2) is 4.79 Å². The minimum atomic E-state index is -4.26. The van der Waals surface area contributed by atoms with Gasteiger partial charge in [0.15, 0.2) is 6.61 Å². The van der Waals surface area contributed by atoms with E-state index in [1.165, 1.54) is 0 Å².